The van der Waals surface area contributed by atoms with Crippen molar-refractivity contribution < 1.29 is 9.53 Å². The maximum atomic E-state index is 12.3. The molecule has 1 aliphatic rings. The molecule has 1 fully saturated rings. The third-order valence-corrected chi connectivity index (χ3v) is 4.62. The van der Waals surface area contributed by atoms with E-state index >= 15 is 0 Å². The number of benzene rings is 1. The molecule has 6 nitrogen and oxygen atoms in total. The molecule has 6 heteroatoms. The number of rotatable bonds is 7. The minimum atomic E-state index is -0.0183. The van der Waals surface area contributed by atoms with E-state index in [9.17, 15) is 4.79 Å². The quantitative estimate of drug-likeness (QED) is 0.838. The van der Waals surface area contributed by atoms with Crippen LogP contribution in [0.3, 0.4) is 0 Å². The van der Waals surface area contributed by atoms with Gasteiger partial charge < -0.3 is 10.1 Å². The highest BCUT2D eigenvalue weighted by Crippen LogP contribution is 2.27. The highest BCUT2D eigenvalue weighted by Gasteiger charge is 2.24. The van der Waals surface area contributed by atoms with Crippen molar-refractivity contribution in [1.82, 2.24) is 20.0 Å². The van der Waals surface area contributed by atoms with Gasteiger partial charge in [0.25, 0.3) is 0 Å². The third-order valence-electron chi connectivity index (χ3n) is 4.62. The van der Waals surface area contributed by atoms with Crippen LogP contribution in [0.25, 0.3) is 0 Å². The summed E-state index contributed by atoms with van der Waals surface area (Å²) in [5.74, 6) is 0.829. The van der Waals surface area contributed by atoms with Crippen molar-refractivity contribution in [3.05, 3.63) is 47.8 Å². The molecule has 0 radical (unpaired) electrons. The van der Waals surface area contributed by atoms with Gasteiger partial charge in [-0.3, -0.25) is 14.4 Å². The zero-order valence-corrected chi connectivity index (χ0v) is 14.9. The van der Waals surface area contributed by atoms with Gasteiger partial charge in [0.05, 0.1) is 19.3 Å². The molecule has 1 amide bonds. The monoisotopic (exact) mass is 342 g/mol. The van der Waals surface area contributed by atoms with Crippen LogP contribution in [0.1, 0.15) is 30.0 Å². The normalized spacial score (nSPS) is 15.9. The zero-order chi connectivity index (χ0) is 17.6. The third kappa shape index (κ3) is 4.60. The largest absolute Gasteiger partial charge is 0.497 e. The van der Waals surface area contributed by atoms with Gasteiger partial charge in [-0.2, -0.15) is 5.10 Å². The zero-order valence-electron chi connectivity index (χ0n) is 14.9. The number of aromatic nitrogens is 2. The molecule has 1 aromatic carbocycles. The molecule has 1 aromatic heterocycles. The van der Waals surface area contributed by atoms with E-state index in [4.69, 9.17) is 4.74 Å². The first-order valence-corrected chi connectivity index (χ1v) is 8.79. The molecular formula is C19H26N4O2. The number of carbonyl (C=O) groups is 1. The Labute approximate surface area is 148 Å². The van der Waals surface area contributed by atoms with Gasteiger partial charge in [0.2, 0.25) is 5.91 Å². The Morgan fingerprint density at radius 2 is 2.16 bits per heavy atom. The predicted octanol–water partition coefficient (Wildman–Crippen LogP) is 2.15. The second kappa shape index (κ2) is 8.16. The summed E-state index contributed by atoms with van der Waals surface area (Å²) in [6.45, 7) is 4.94. The van der Waals surface area contributed by atoms with Crippen molar-refractivity contribution in [3.63, 3.8) is 0 Å². The molecule has 1 saturated heterocycles. The maximum absolute atomic E-state index is 12.3. The minimum Gasteiger partial charge on any atom is -0.497 e. The Kier molecular flexibility index (Phi) is 5.71. The molecule has 0 spiro atoms. The fraction of sp³-hybridized carbons (Fsp3) is 0.474. The molecule has 2 aromatic rings. The molecular weight excluding hydrogens is 316 g/mol. The summed E-state index contributed by atoms with van der Waals surface area (Å²) in [6, 6.07) is 8.29. The lowest BCUT2D eigenvalue weighted by Gasteiger charge is -2.28. The van der Waals surface area contributed by atoms with Crippen LogP contribution in [0, 0.1) is 6.92 Å². The summed E-state index contributed by atoms with van der Waals surface area (Å²) in [6.07, 6.45) is 6.05. The van der Waals surface area contributed by atoms with Crippen molar-refractivity contribution in [2.24, 2.45) is 0 Å². The van der Waals surface area contributed by atoms with Gasteiger partial charge in [0, 0.05) is 12.7 Å². The molecule has 1 N–H and O–H groups in total. The average molecular weight is 342 g/mol. The van der Waals surface area contributed by atoms with Crippen LogP contribution in [0.2, 0.25) is 0 Å². The van der Waals surface area contributed by atoms with Crippen LogP contribution in [0.15, 0.2) is 36.7 Å². The highest BCUT2D eigenvalue weighted by atomic mass is 16.5. The second-order valence-electron chi connectivity index (χ2n) is 6.55. The maximum Gasteiger partial charge on any atom is 0.241 e. The van der Waals surface area contributed by atoms with E-state index in [1.54, 1.807) is 18.0 Å². The molecule has 0 bridgehead atoms. The standard InChI is InChI=1S/C19H26N4O2/c1-15-11-21-23(13-15)14-19(24)20-12-18(22-8-3-4-9-22)16-6-5-7-17(10-16)25-2/h5-7,10-11,13,18H,3-4,8-9,12,14H2,1-2H3,(H,20,24)/t18-/m0/s1. The fourth-order valence-corrected chi connectivity index (χ4v) is 3.33. The van der Waals surface area contributed by atoms with Gasteiger partial charge >= 0.3 is 0 Å². The van der Waals surface area contributed by atoms with Crippen molar-refractivity contribution >= 4 is 5.91 Å². The number of aryl methyl sites for hydroxylation is 1. The smallest absolute Gasteiger partial charge is 0.241 e. The number of likely N-dealkylation sites (tertiary alicyclic amines) is 1. The summed E-state index contributed by atoms with van der Waals surface area (Å²) in [5.41, 5.74) is 2.23. The van der Waals surface area contributed by atoms with Gasteiger partial charge in [-0.25, -0.2) is 0 Å². The van der Waals surface area contributed by atoms with Gasteiger partial charge in [0.1, 0.15) is 12.3 Å². The Morgan fingerprint density at radius 1 is 1.36 bits per heavy atom. The number of hydrogen-bond donors (Lipinski definition) is 1. The number of nitrogens with one attached hydrogen (secondary N) is 1. The SMILES string of the molecule is COc1cccc([C@H](CNC(=O)Cn2cc(C)cn2)N2CCCC2)c1. The summed E-state index contributed by atoms with van der Waals surface area (Å²) < 4.78 is 7.02. The number of carbonyl (C=O) groups excluding carboxylic acids is 1. The first kappa shape index (κ1) is 17.5. The van der Waals surface area contributed by atoms with Gasteiger partial charge in [0.15, 0.2) is 0 Å². The van der Waals surface area contributed by atoms with E-state index in [0.717, 1.165) is 24.4 Å². The first-order chi connectivity index (χ1) is 12.2. The Bertz CT molecular complexity index is 707. The van der Waals surface area contributed by atoms with Gasteiger partial charge in [-0.05, 0) is 56.1 Å². The average Bonchev–Trinajstić information content (AvgIpc) is 3.27. The summed E-state index contributed by atoms with van der Waals surface area (Å²) in [4.78, 5) is 14.7. The molecule has 0 aliphatic carbocycles. The summed E-state index contributed by atoms with van der Waals surface area (Å²) in [5, 5.41) is 7.24. The van der Waals surface area contributed by atoms with Crippen LogP contribution in [0.4, 0.5) is 0 Å². The van der Waals surface area contributed by atoms with E-state index in [1.165, 1.54) is 18.4 Å². The Morgan fingerprint density at radius 3 is 2.84 bits per heavy atom. The highest BCUT2D eigenvalue weighted by molar-refractivity contribution is 5.75. The lowest BCUT2D eigenvalue weighted by atomic mass is 10.0. The van der Waals surface area contributed by atoms with Crippen LogP contribution in [-0.2, 0) is 11.3 Å². The number of hydrogen-bond acceptors (Lipinski definition) is 4. The molecule has 25 heavy (non-hydrogen) atoms. The number of amides is 1. The molecule has 134 valence electrons. The number of ether oxygens (including phenoxy) is 1. The van der Waals surface area contributed by atoms with E-state index in [1.807, 2.05) is 25.3 Å². The van der Waals surface area contributed by atoms with Crippen LogP contribution in [0.5, 0.6) is 5.75 Å². The Balaban J connectivity index is 1.66. The van der Waals surface area contributed by atoms with Crippen molar-refractivity contribution in [1.29, 1.82) is 0 Å². The van der Waals surface area contributed by atoms with E-state index < -0.39 is 0 Å². The lowest BCUT2D eigenvalue weighted by molar-refractivity contribution is -0.122. The van der Waals surface area contributed by atoms with Crippen LogP contribution >= 0.6 is 0 Å². The second-order valence-corrected chi connectivity index (χ2v) is 6.55. The van der Waals surface area contributed by atoms with E-state index in [2.05, 4.69) is 27.4 Å². The number of methoxy groups -OCH3 is 1. The van der Waals surface area contributed by atoms with E-state index in [0.29, 0.717) is 6.54 Å². The fourth-order valence-electron chi connectivity index (χ4n) is 3.33. The van der Waals surface area contributed by atoms with Crippen molar-refractivity contribution in [2.75, 3.05) is 26.7 Å². The lowest BCUT2D eigenvalue weighted by Crippen LogP contribution is -2.38. The molecule has 1 aliphatic heterocycles. The summed E-state index contributed by atoms with van der Waals surface area (Å²) >= 11 is 0. The molecule has 0 unspecified atom stereocenters. The first-order valence-electron chi connectivity index (χ1n) is 8.79. The van der Waals surface area contributed by atoms with Crippen LogP contribution < -0.4 is 10.1 Å². The predicted molar refractivity (Wildman–Crippen MR) is 96.5 cm³/mol. The minimum absolute atomic E-state index is 0.0183. The molecule has 3 rings (SSSR count). The van der Waals surface area contributed by atoms with Gasteiger partial charge in [-0.15, -0.1) is 0 Å². The van der Waals surface area contributed by atoms with Gasteiger partial charge in [-0.1, -0.05) is 12.1 Å². The summed E-state index contributed by atoms with van der Waals surface area (Å²) in [7, 11) is 1.68. The van der Waals surface area contributed by atoms with E-state index in [-0.39, 0.29) is 18.5 Å². The number of nitrogens with zero attached hydrogens (tertiary/aromatic N) is 3. The van der Waals surface area contributed by atoms with Crippen molar-refractivity contribution in [2.45, 2.75) is 32.4 Å². The Hall–Kier alpha value is -2.34. The van der Waals surface area contributed by atoms with Crippen LogP contribution in [-0.4, -0.2) is 47.3 Å². The van der Waals surface area contributed by atoms with Crippen molar-refractivity contribution in [3.8, 4) is 5.75 Å². The topological polar surface area (TPSA) is 59.4 Å². The molecule has 0 saturated carbocycles. The molecule has 2 heterocycles. The molecule has 1 atom stereocenters.